The zero-order valence-corrected chi connectivity index (χ0v) is 6.98. The summed E-state index contributed by atoms with van der Waals surface area (Å²) in [5.41, 5.74) is -0.637. The van der Waals surface area contributed by atoms with E-state index in [2.05, 4.69) is 0 Å². The zero-order chi connectivity index (χ0) is 10.1. The van der Waals surface area contributed by atoms with Crippen LogP contribution in [0.1, 0.15) is 0 Å². The van der Waals surface area contributed by atoms with E-state index in [9.17, 15) is 17.2 Å². The molecule has 0 amide bonds. The monoisotopic (exact) mass is 209 g/mol. The third-order valence-corrected chi connectivity index (χ3v) is 1.65. The molecule has 0 spiro atoms. The number of benzene rings is 1. The highest BCUT2D eigenvalue weighted by Crippen LogP contribution is 2.15. The van der Waals surface area contributed by atoms with Crippen molar-refractivity contribution >= 4 is 16.0 Å². The molecule has 1 aromatic carbocycles. The van der Waals surface area contributed by atoms with E-state index in [1.165, 1.54) is 4.72 Å². The van der Waals surface area contributed by atoms with Crippen LogP contribution < -0.4 is 4.72 Å². The maximum atomic E-state index is 12.7. The fourth-order valence-electron chi connectivity index (χ4n) is 0.715. The lowest BCUT2D eigenvalue weighted by molar-refractivity contribution is 0.489. The first-order valence-corrected chi connectivity index (χ1v) is 4.53. The van der Waals surface area contributed by atoms with Gasteiger partial charge in [0.25, 0.3) is 0 Å². The van der Waals surface area contributed by atoms with Gasteiger partial charge >= 0.3 is 10.3 Å². The molecule has 72 valence electrons. The van der Waals surface area contributed by atoms with E-state index < -0.39 is 27.6 Å². The van der Waals surface area contributed by atoms with Crippen molar-refractivity contribution in [1.29, 1.82) is 0 Å². The number of hydrogen-bond acceptors (Lipinski definition) is 2. The first-order valence-electron chi connectivity index (χ1n) is 3.09. The molecule has 2 N–H and O–H groups in total. The summed E-state index contributed by atoms with van der Waals surface area (Å²) in [5, 5.41) is 0. The van der Waals surface area contributed by atoms with Gasteiger partial charge in [-0.15, -0.1) is 0 Å². The number of halogens is 2. The van der Waals surface area contributed by atoms with Gasteiger partial charge in [-0.3, -0.25) is 9.27 Å². The van der Waals surface area contributed by atoms with Crippen LogP contribution in [-0.4, -0.2) is 13.0 Å². The Hall–Kier alpha value is -1.21. The number of nitrogens with one attached hydrogen (secondary N) is 1. The van der Waals surface area contributed by atoms with E-state index in [-0.39, 0.29) is 0 Å². The molecule has 1 aromatic rings. The van der Waals surface area contributed by atoms with Gasteiger partial charge in [-0.05, 0) is 12.1 Å². The Morgan fingerprint density at radius 1 is 1.31 bits per heavy atom. The highest BCUT2D eigenvalue weighted by molar-refractivity contribution is 7.87. The Morgan fingerprint density at radius 3 is 2.46 bits per heavy atom. The molecule has 0 unspecified atom stereocenters. The van der Waals surface area contributed by atoms with Crippen molar-refractivity contribution in [3.63, 3.8) is 0 Å². The lowest BCUT2D eigenvalue weighted by atomic mass is 10.3. The lowest BCUT2D eigenvalue weighted by Gasteiger charge is -2.02. The van der Waals surface area contributed by atoms with Crippen LogP contribution in [0.3, 0.4) is 0 Å². The summed E-state index contributed by atoms with van der Waals surface area (Å²) < 4.78 is 55.2. The summed E-state index contributed by atoms with van der Waals surface area (Å²) in [6.07, 6.45) is 0. The predicted octanol–water partition coefficient (Wildman–Crippen LogP) is 1.18. The van der Waals surface area contributed by atoms with Gasteiger partial charge in [0.1, 0.15) is 11.6 Å². The van der Waals surface area contributed by atoms with Crippen LogP contribution in [-0.2, 0) is 10.3 Å². The van der Waals surface area contributed by atoms with Crippen molar-refractivity contribution in [3.05, 3.63) is 29.8 Å². The van der Waals surface area contributed by atoms with Crippen LogP contribution >= 0.6 is 0 Å². The molecule has 0 heterocycles. The maximum Gasteiger partial charge on any atom is 0.357 e. The zero-order valence-electron chi connectivity index (χ0n) is 6.16. The van der Waals surface area contributed by atoms with E-state index in [1.54, 1.807) is 0 Å². The van der Waals surface area contributed by atoms with E-state index in [0.29, 0.717) is 6.07 Å². The van der Waals surface area contributed by atoms with Gasteiger partial charge in [0, 0.05) is 6.07 Å². The number of hydrogen-bond donors (Lipinski definition) is 2. The molecule has 0 saturated heterocycles. The number of rotatable bonds is 2. The van der Waals surface area contributed by atoms with Gasteiger partial charge in [-0.1, -0.05) is 0 Å². The molecule has 4 nitrogen and oxygen atoms in total. The smallest absolute Gasteiger partial charge is 0.269 e. The van der Waals surface area contributed by atoms with Crippen molar-refractivity contribution in [2.75, 3.05) is 4.72 Å². The lowest BCUT2D eigenvalue weighted by Crippen LogP contribution is -2.11. The second-order valence-electron chi connectivity index (χ2n) is 2.20. The van der Waals surface area contributed by atoms with Crippen molar-refractivity contribution in [2.24, 2.45) is 0 Å². The largest absolute Gasteiger partial charge is 0.357 e. The van der Waals surface area contributed by atoms with E-state index in [1.807, 2.05) is 0 Å². The maximum absolute atomic E-state index is 12.7. The van der Waals surface area contributed by atoms with Crippen LogP contribution in [0.25, 0.3) is 0 Å². The molecule has 0 aromatic heterocycles. The van der Waals surface area contributed by atoms with Gasteiger partial charge in [-0.25, -0.2) is 8.78 Å². The van der Waals surface area contributed by atoms with Gasteiger partial charge in [0.05, 0.1) is 5.69 Å². The molecule has 0 aliphatic heterocycles. The number of anilines is 1. The molecule has 0 radical (unpaired) electrons. The van der Waals surface area contributed by atoms with Gasteiger partial charge in [-0.2, -0.15) is 8.42 Å². The fourth-order valence-corrected chi connectivity index (χ4v) is 1.15. The van der Waals surface area contributed by atoms with Crippen LogP contribution in [0.4, 0.5) is 14.5 Å². The highest BCUT2D eigenvalue weighted by Gasteiger charge is 2.09. The summed E-state index contributed by atoms with van der Waals surface area (Å²) in [5.74, 6) is -1.79. The summed E-state index contributed by atoms with van der Waals surface area (Å²) in [4.78, 5) is 0. The minimum atomic E-state index is -4.57. The van der Waals surface area contributed by atoms with Crippen molar-refractivity contribution in [1.82, 2.24) is 0 Å². The Kier molecular flexibility index (Phi) is 2.48. The average molecular weight is 209 g/mol. The quantitative estimate of drug-likeness (QED) is 0.718. The van der Waals surface area contributed by atoms with Crippen molar-refractivity contribution in [3.8, 4) is 0 Å². The molecule has 0 bridgehead atoms. The first-order chi connectivity index (χ1) is 5.88. The second-order valence-corrected chi connectivity index (χ2v) is 3.36. The molecular formula is C6H5F2NO3S. The Bertz CT molecular complexity index is 418. The molecule has 0 atom stereocenters. The first kappa shape index (κ1) is 9.87. The van der Waals surface area contributed by atoms with Crippen LogP contribution in [0.15, 0.2) is 18.2 Å². The van der Waals surface area contributed by atoms with E-state index in [4.69, 9.17) is 4.55 Å². The van der Waals surface area contributed by atoms with Gasteiger partial charge in [0.2, 0.25) is 0 Å². The molecule has 0 fully saturated rings. The molecular weight excluding hydrogens is 204 g/mol. The minimum Gasteiger partial charge on any atom is -0.269 e. The van der Waals surface area contributed by atoms with E-state index >= 15 is 0 Å². The highest BCUT2D eigenvalue weighted by atomic mass is 32.2. The molecule has 0 saturated carbocycles. The van der Waals surface area contributed by atoms with Crippen LogP contribution in [0, 0.1) is 11.6 Å². The Labute approximate surface area is 73.1 Å². The summed E-state index contributed by atoms with van der Waals surface area (Å²) >= 11 is 0. The fraction of sp³-hybridized carbons (Fsp3) is 0. The summed E-state index contributed by atoms with van der Waals surface area (Å²) in [6, 6.07) is 2.18. The SMILES string of the molecule is O=S(=O)(O)Nc1cc(F)ccc1F. The average Bonchev–Trinajstić information content (AvgIpc) is 1.94. The predicted molar refractivity (Wildman–Crippen MR) is 41.5 cm³/mol. The third kappa shape index (κ3) is 2.96. The third-order valence-electron chi connectivity index (χ3n) is 1.17. The Morgan fingerprint density at radius 2 is 1.92 bits per heavy atom. The van der Waals surface area contributed by atoms with Crippen molar-refractivity contribution < 1.29 is 21.8 Å². The summed E-state index contributed by atoms with van der Waals surface area (Å²) in [6.45, 7) is 0. The van der Waals surface area contributed by atoms with E-state index in [0.717, 1.165) is 12.1 Å². The minimum absolute atomic E-state index is 0.614. The standard InChI is InChI=1S/C6H5F2NO3S/c7-4-1-2-5(8)6(3-4)9-13(10,11)12/h1-3,9H,(H,10,11,12). The topological polar surface area (TPSA) is 66.4 Å². The van der Waals surface area contributed by atoms with Gasteiger partial charge in [0.15, 0.2) is 0 Å². The van der Waals surface area contributed by atoms with Crippen molar-refractivity contribution in [2.45, 2.75) is 0 Å². The van der Waals surface area contributed by atoms with Gasteiger partial charge < -0.3 is 0 Å². The van der Waals surface area contributed by atoms with Crippen LogP contribution in [0.2, 0.25) is 0 Å². The second kappa shape index (κ2) is 3.27. The molecule has 13 heavy (non-hydrogen) atoms. The Balaban J connectivity index is 3.08. The molecule has 1 rings (SSSR count). The molecule has 0 aliphatic carbocycles. The normalized spacial score (nSPS) is 11.3. The van der Waals surface area contributed by atoms with Crippen LogP contribution in [0.5, 0.6) is 0 Å². The molecule has 7 heteroatoms. The summed E-state index contributed by atoms with van der Waals surface area (Å²) in [7, 11) is -4.57. The molecule has 0 aliphatic rings.